The highest BCUT2D eigenvalue weighted by Crippen LogP contribution is 2.37. The van der Waals surface area contributed by atoms with Crippen LogP contribution in [0.2, 0.25) is 0 Å². The topological polar surface area (TPSA) is 24.4 Å². The second kappa shape index (κ2) is 4.84. The fraction of sp³-hybridized carbons (Fsp3) is 0.0556. The summed E-state index contributed by atoms with van der Waals surface area (Å²) in [4.78, 5) is 4.50. The van der Waals surface area contributed by atoms with E-state index in [2.05, 4.69) is 10.3 Å². The van der Waals surface area contributed by atoms with Crippen molar-refractivity contribution in [2.75, 3.05) is 5.32 Å². The quantitative estimate of drug-likeness (QED) is 0.642. The van der Waals surface area contributed by atoms with Gasteiger partial charge < -0.3 is 5.32 Å². The van der Waals surface area contributed by atoms with Crippen molar-refractivity contribution in [1.29, 1.82) is 0 Å². The van der Waals surface area contributed by atoms with Gasteiger partial charge in [-0.1, -0.05) is 36.4 Å². The monoisotopic (exact) mass is 312 g/mol. The first kappa shape index (κ1) is 13.8. The minimum Gasteiger partial charge on any atom is -0.339 e. The van der Waals surface area contributed by atoms with Gasteiger partial charge in [-0.2, -0.15) is 13.2 Å². The third-order valence-corrected chi connectivity index (χ3v) is 3.83. The highest BCUT2D eigenvalue weighted by molar-refractivity contribution is 6.19. The van der Waals surface area contributed by atoms with E-state index in [-0.39, 0.29) is 0 Å². The summed E-state index contributed by atoms with van der Waals surface area (Å²) >= 11 is 0. The molecule has 2 nitrogen and oxygen atoms in total. The molecule has 0 saturated carbocycles. The molecular formula is C18H11F3N2. The maximum absolute atomic E-state index is 12.9. The number of hydrogen-bond acceptors (Lipinski definition) is 2. The average molecular weight is 312 g/mol. The molecule has 114 valence electrons. The number of anilines is 1. The molecular weight excluding hydrogens is 301 g/mol. The summed E-state index contributed by atoms with van der Waals surface area (Å²) in [6.45, 7) is 0. The predicted octanol–water partition coefficient (Wildman–Crippen LogP) is 5.36. The number of alkyl halides is 3. The maximum Gasteiger partial charge on any atom is 0.416 e. The van der Waals surface area contributed by atoms with Gasteiger partial charge in [0.1, 0.15) is 5.84 Å². The Labute approximate surface area is 130 Å². The Morgan fingerprint density at radius 1 is 0.870 bits per heavy atom. The molecule has 3 aromatic rings. The summed E-state index contributed by atoms with van der Waals surface area (Å²) in [6, 6.07) is 16.7. The van der Waals surface area contributed by atoms with E-state index < -0.39 is 11.7 Å². The van der Waals surface area contributed by atoms with Crippen molar-refractivity contribution in [3.8, 4) is 0 Å². The number of amidine groups is 1. The molecule has 1 aliphatic rings. The number of benzene rings is 3. The predicted molar refractivity (Wildman–Crippen MR) is 85.2 cm³/mol. The lowest BCUT2D eigenvalue weighted by Crippen LogP contribution is -2.17. The number of aliphatic imine (C=N–C) groups is 1. The molecule has 0 aliphatic carbocycles. The molecule has 1 N–H and O–H groups in total. The van der Waals surface area contributed by atoms with Crippen molar-refractivity contribution >= 4 is 28.0 Å². The Morgan fingerprint density at radius 2 is 1.61 bits per heavy atom. The van der Waals surface area contributed by atoms with Crippen LogP contribution in [0, 0.1) is 0 Å². The summed E-state index contributed by atoms with van der Waals surface area (Å²) in [5.41, 5.74) is 1.33. The molecule has 0 aromatic heterocycles. The van der Waals surface area contributed by atoms with Gasteiger partial charge in [0, 0.05) is 16.6 Å². The third kappa shape index (κ3) is 2.34. The summed E-state index contributed by atoms with van der Waals surface area (Å²) in [6.07, 6.45) is -4.37. The molecule has 5 heteroatoms. The van der Waals surface area contributed by atoms with Crippen molar-refractivity contribution < 1.29 is 13.2 Å². The first-order valence-electron chi connectivity index (χ1n) is 7.07. The summed E-state index contributed by atoms with van der Waals surface area (Å²) in [5.74, 6) is 0.419. The van der Waals surface area contributed by atoms with Gasteiger partial charge in [0.2, 0.25) is 0 Å². The smallest absolute Gasteiger partial charge is 0.339 e. The molecule has 0 amide bonds. The van der Waals surface area contributed by atoms with E-state index in [9.17, 15) is 13.2 Å². The van der Waals surface area contributed by atoms with Crippen molar-refractivity contribution in [3.63, 3.8) is 0 Å². The van der Waals surface area contributed by atoms with Gasteiger partial charge in [0.05, 0.1) is 11.3 Å². The molecule has 0 spiro atoms. The molecule has 1 heterocycles. The van der Waals surface area contributed by atoms with Crippen molar-refractivity contribution in [2.45, 2.75) is 6.18 Å². The molecule has 4 rings (SSSR count). The van der Waals surface area contributed by atoms with Crippen LogP contribution in [0.1, 0.15) is 11.1 Å². The zero-order valence-electron chi connectivity index (χ0n) is 11.9. The van der Waals surface area contributed by atoms with E-state index in [1.54, 1.807) is 6.07 Å². The van der Waals surface area contributed by atoms with Crippen LogP contribution < -0.4 is 5.32 Å². The zero-order chi connectivity index (χ0) is 16.0. The Kier molecular flexibility index (Phi) is 2.91. The SMILES string of the molecule is FC(F)(F)c1cccc(C2=Nc3cccc4cccc(c34)N2)c1. The van der Waals surface area contributed by atoms with Crippen molar-refractivity contribution in [1.82, 2.24) is 0 Å². The first-order valence-corrected chi connectivity index (χ1v) is 7.07. The normalized spacial score (nSPS) is 13.6. The van der Waals surface area contributed by atoms with Gasteiger partial charge in [0.15, 0.2) is 0 Å². The van der Waals surface area contributed by atoms with E-state index in [0.717, 1.165) is 34.3 Å². The van der Waals surface area contributed by atoms with E-state index in [1.807, 2.05) is 36.4 Å². The van der Waals surface area contributed by atoms with Crippen LogP contribution in [0.15, 0.2) is 65.7 Å². The lowest BCUT2D eigenvalue weighted by atomic mass is 10.0. The number of rotatable bonds is 1. The molecule has 0 atom stereocenters. The van der Waals surface area contributed by atoms with Gasteiger partial charge >= 0.3 is 6.18 Å². The standard InChI is InChI=1S/C18H11F3N2/c19-18(20,21)13-7-1-6-12(10-13)17-22-14-8-2-4-11-5-3-9-15(23-17)16(11)14/h1-10H,(H,22,23). The number of halogens is 3. The van der Waals surface area contributed by atoms with Crippen molar-refractivity contribution in [3.05, 3.63) is 71.8 Å². The van der Waals surface area contributed by atoms with Crippen LogP contribution in [-0.4, -0.2) is 5.84 Å². The van der Waals surface area contributed by atoms with Gasteiger partial charge in [-0.05, 0) is 29.7 Å². The lowest BCUT2D eigenvalue weighted by Gasteiger charge is -2.19. The van der Waals surface area contributed by atoms with Crippen molar-refractivity contribution in [2.24, 2.45) is 4.99 Å². The molecule has 0 fully saturated rings. The van der Waals surface area contributed by atoms with Crippen LogP contribution in [0.3, 0.4) is 0 Å². The molecule has 0 saturated heterocycles. The van der Waals surface area contributed by atoms with E-state index in [1.165, 1.54) is 6.07 Å². The minimum absolute atomic E-state index is 0.409. The van der Waals surface area contributed by atoms with E-state index >= 15 is 0 Å². The summed E-state index contributed by atoms with van der Waals surface area (Å²) in [5, 5.41) is 5.16. The van der Waals surface area contributed by atoms with E-state index in [4.69, 9.17) is 0 Å². The second-order valence-corrected chi connectivity index (χ2v) is 5.34. The number of nitrogens with zero attached hydrogens (tertiary/aromatic N) is 1. The van der Waals surface area contributed by atoms with E-state index in [0.29, 0.717) is 11.4 Å². The van der Waals surface area contributed by atoms with Crippen LogP contribution in [0.25, 0.3) is 10.8 Å². The van der Waals surface area contributed by atoms with Crippen LogP contribution >= 0.6 is 0 Å². The zero-order valence-corrected chi connectivity index (χ0v) is 11.9. The molecule has 3 aromatic carbocycles. The Balaban J connectivity index is 1.86. The molecule has 0 unspecified atom stereocenters. The highest BCUT2D eigenvalue weighted by Gasteiger charge is 2.31. The van der Waals surface area contributed by atoms with Crippen LogP contribution in [0.4, 0.5) is 24.5 Å². The molecule has 23 heavy (non-hydrogen) atoms. The fourth-order valence-corrected chi connectivity index (χ4v) is 2.77. The number of nitrogens with one attached hydrogen (secondary N) is 1. The molecule has 0 radical (unpaired) electrons. The first-order chi connectivity index (χ1) is 11.0. The largest absolute Gasteiger partial charge is 0.416 e. The highest BCUT2D eigenvalue weighted by atomic mass is 19.4. The Morgan fingerprint density at radius 3 is 2.39 bits per heavy atom. The third-order valence-electron chi connectivity index (χ3n) is 3.83. The summed E-state index contributed by atoms with van der Waals surface area (Å²) in [7, 11) is 0. The lowest BCUT2D eigenvalue weighted by molar-refractivity contribution is -0.137. The Hall–Kier alpha value is -2.82. The van der Waals surface area contributed by atoms with Gasteiger partial charge in [0.25, 0.3) is 0 Å². The number of hydrogen-bond donors (Lipinski definition) is 1. The van der Waals surface area contributed by atoms with Crippen LogP contribution in [-0.2, 0) is 6.18 Å². The minimum atomic E-state index is -4.37. The fourth-order valence-electron chi connectivity index (χ4n) is 2.77. The molecule has 0 bridgehead atoms. The molecule has 1 aliphatic heterocycles. The van der Waals surface area contributed by atoms with Gasteiger partial charge in [-0.15, -0.1) is 0 Å². The van der Waals surface area contributed by atoms with Crippen LogP contribution in [0.5, 0.6) is 0 Å². The average Bonchev–Trinajstić information content (AvgIpc) is 2.55. The second-order valence-electron chi connectivity index (χ2n) is 5.34. The maximum atomic E-state index is 12.9. The Bertz CT molecular complexity index is 937. The summed E-state index contributed by atoms with van der Waals surface area (Å²) < 4.78 is 38.7. The van der Waals surface area contributed by atoms with Gasteiger partial charge in [-0.25, -0.2) is 4.99 Å². The van der Waals surface area contributed by atoms with Gasteiger partial charge in [-0.3, -0.25) is 0 Å².